The molecule has 0 unspecified atom stereocenters. The van der Waals surface area contributed by atoms with Gasteiger partial charge in [0.2, 0.25) is 11.8 Å². The van der Waals surface area contributed by atoms with Gasteiger partial charge in [-0.2, -0.15) is 0 Å². The fourth-order valence-electron chi connectivity index (χ4n) is 1.55. The maximum Gasteiger partial charge on any atom is 0.245 e. The van der Waals surface area contributed by atoms with Gasteiger partial charge in [0, 0.05) is 20.6 Å². The van der Waals surface area contributed by atoms with E-state index in [1.165, 1.54) is 26.2 Å². The zero-order valence-electron chi connectivity index (χ0n) is 10.9. The first-order valence-electron chi connectivity index (χ1n) is 5.81. The third-order valence-electron chi connectivity index (χ3n) is 2.38. The van der Waals surface area contributed by atoms with E-state index in [9.17, 15) is 14.0 Å². The molecule has 0 aliphatic carbocycles. The molecule has 0 fully saturated rings. The number of halogens is 1. The predicted molar refractivity (Wildman–Crippen MR) is 67.7 cm³/mol. The maximum absolute atomic E-state index is 13.0. The summed E-state index contributed by atoms with van der Waals surface area (Å²) in [5, 5.41) is 5.09. The molecule has 0 aliphatic heterocycles. The maximum atomic E-state index is 13.0. The molecule has 1 aromatic rings. The summed E-state index contributed by atoms with van der Waals surface area (Å²) >= 11 is 0. The Labute approximate surface area is 111 Å². The molecule has 5 nitrogen and oxygen atoms in total. The summed E-state index contributed by atoms with van der Waals surface area (Å²) in [5.74, 6) is -1.05. The predicted octanol–water partition coefficient (Wildman–Crippen LogP) is 0.593. The van der Waals surface area contributed by atoms with Gasteiger partial charge in [0.1, 0.15) is 11.9 Å². The first-order chi connectivity index (χ1) is 9.02. The molecule has 1 atom stereocenters. The van der Waals surface area contributed by atoms with E-state index < -0.39 is 6.04 Å². The third kappa shape index (κ3) is 5.48. The smallest absolute Gasteiger partial charge is 0.245 e. The van der Waals surface area contributed by atoms with E-state index in [1.54, 1.807) is 12.1 Å². The van der Waals surface area contributed by atoms with E-state index in [1.807, 2.05) is 0 Å². The van der Waals surface area contributed by atoms with Crippen LogP contribution >= 0.6 is 0 Å². The van der Waals surface area contributed by atoms with Gasteiger partial charge in [-0.1, -0.05) is 12.1 Å². The summed E-state index contributed by atoms with van der Waals surface area (Å²) in [6.07, 6.45) is 0. The van der Waals surface area contributed by atoms with Crippen molar-refractivity contribution in [3.05, 3.63) is 35.6 Å². The van der Waals surface area contributed by atoms with Crippen molar-refractivity contribution in [1.29, 1.82) is 0 Å². The van der Waals surface area contributed by atoms with Crippen molar-refractivity contribution in [2.75, 3.05) is 13.7 Å². The highest BCUT2D eigenvalue weighted by atomic mass is 19.1. The quantitative estimate of drug-likeness (QED) is 0.793. The highest BCUT2D eigenvalue weighted by Crippen LogP contribution is 2.02. The molecule has 0 heterocycles. The van der Waals surface area contributed by atoms with Gasteiger partial charge < -0.3 is 15.4 Å². The van der Waals surface area contributed by atoms with E-state index in [2.05, 4.69) is 10.6 Å². The molecular formula is C13H17FN2O3. The number of carbonyl (C=O) groups is 2. The van der Waals surface area contributed by atoms with Crippen LogP contribution in [0.4, 0.5) is 4.39 Å². The fraction of sp³-hybridized carbons (Fsp3) is 0.385. The molecule has 0 aliphatic rings. The normalized spacial score (nSPS) is 11.7. The second-order valence-corrected chi connectivity index (χ2v) is 4.06. The molecule has 0 radical (unpaired) electrons. The first kappa shape index (κ1) is 15.1. The van der Waals surface area contributed by atoms with Crippen molar-refractivity contribution >= 4 is 11.8 Å². The molecule has 1 aromatic carbocycles. The zero-order chi connectivity index (χ0) is 14.3. The summed E-state index contributed by atoms with van der Waals surface area (Å²) in [6.45, 7) is 1.59. The topological polar surface area (TPSA) is 67.4 Å². The Morgan fingerprint density at radius 2 is 2.16 bits per heavy atom. The standard InChI is InChI=1S/C13H17FN2O3/c1-9(17)16-12(8-19-2)13(18)15-7-10-4-3-5-11(14)6-10/h3-6,12H,7-8H2,1-2H3,(H,15,18)(H,16,17)/t12-/m1/s1. The minimum atomic E-state index is -0.754. The van der Waals surface area contributed by atoms with Gasteiger partial charge >= 0.3 is 0 Å². The van der Waals surface area contributed by atoms with Crippen molar-refractivity contribution in [3.8, 4) is 0 Å². The Bertz CT molecular complexity index is 451. The van der Waals surface area contributed by atoms with Gasteiger partial charge in [-0.05, 0) is 17.7 Å². The summed E-state index contributed by atoms with van der Waals surface area (Å²) < 4.78 is 17.8. The molecule has 6 heteroatoms. The molecule has 2 N–H and O–H groups in total. The van der Waals surface area contributed by atoms with Gasteiger partial charge in [-0.15, -0.1) is 0 Å². The number of methoxy groups -OCH3 is 1. The Balaban J connectivity index is 2.54. The van der Waals surface area contributed by atoms with Crippen molar-refractivity contribution < 1.29 is 18.7 Å². The monoisotopic (exact) mass is 268 g/mol. The van der Waals surface area contributed by atoms with Crippen LogP contribution in [0.1, 0.15) is 12.5 Å². The second kappa shape index (κ2) is 7.48. The Morgan fingerprint density at radius 1 is 1.42 bits per heavy atom. The number of carbonyl (C=O) groups excluding carboxylic acids is 2. The second-order valence-electron chi connectivity index (χ2n) is 4.06. The molecule has 2 amide bonds. The lowest BCUT2D eigenvalue weighted by molar-refractivity contribution is -0.129. The minimum absolute atomic E-state index is 0.0779. The number of amides is 2. The van der Waals surface area contributed by atoms with Gasteiger partial charge in [0.15, 0.2) is 0 Å². The summed E-state index contributed by atoms with van der Waals surface area (Å²) in [5.41, 5.74) is 0.646. The van der Waals surface area contributed by atoms with Crippen LogP contribution in [0.25, 0.3) is 0 Å². The highest BCUT2D eigenvalue weighted by molar-refractivity contribution is 5.86. The van der Waals surface area contributed by atoms with E-state index in [-0.39, 0.29) is 30.8 Å². The Kier molecular flexibility index (Phi) is 5.95. The van der Waals surface area contributed by atoms with E-state index in [0.717, 1.165) is 0 Å². The molecular weight excluding hydrogens is 251 g/mol. The van der Waals surface area contributed by atoms with Crippen LogP contribution in [0.15, 0.2) is 24.3 Å². The Morgan fingerprint density at radius 3 is 2.74 bits per heavy atom. The largest absolute Gasteiger partial charge is 0.382 e. The van der Waals surface area contributed by atoms with Gasteiger partial charge in [0.25, 0.3) is 0 Å². The lowest BCUT2D eigenvalue weighted by Crippen LogP contribution is -2.48. The van der Waals surface area contributed by atoms with Crippen LogP contribution in [0.5, 0.6) is 0 Å². The van der Waals surface area contributed by atoms with Crippen molar-refractivity contribution in [3.63, 3.8) is 0 Å². The number of hydrogen-bond donors (Lipinski definition) is 2. The van der Waals surface area contributed by atoms with Crippen LogP contribution in [-0.2, 0) is 20.9 Å². The van der Waals surface area contributed by atoms with Gasteiger partial charge in [-0.3, -0.25) is 9.59 Å². The van der Waals surface area contributed by atoms with Crippen molar-refractivity contribution in [2.24, 2.45) is 0 Å². The molecule has 104 valence electrons. The van der Waals surface area contributed by atoms with Crippen molar-refractivity contribution in [2.45, 2.75) is 19.5 Å². The Hall–Kier alpha value is -1.95. The van der Waals surface area contributed by atoms with E-state index in [0.29, 0.717) is 5.56 Å². The number of hydrogen-bond acceptors (Lipinski definition) is 3. The molecule has 0 aromatic heterocycles. The lowest BCUT2D eigenvalue weighted by atomic mass is 10.2. The lowest BCUT2D eigenvalue weighted by Gasteiger charge is -2.16. The zero-order valence-corrected chi connectivity index (χ0v) is 10.9. The van der Waals surface area contributed by atoms with Crippen LogP contribution in [0.3, 0.4) is 0 Å². The number of nitrogens with one attached hydrogen (secondary N) is 2. The van der Waals surface area contributed by atoms with Crippen LogP contribution in [0.2, 0.25) is 0 Å². The van der Waals surface area contributed by atoms with Crippen LogP contribution < -0.4 is 10.6 Å². The molecule has 0 bridgehead atoms. The van der Waals surface area contributed by atoms with Gasteiger partial charge in [-0.25, -0.2) is 4.39 Å². The van der Waals surface area contributed by atoms with Crippen molar-refractivity contribution in [1.82, 2.24) is 10.6 Å². The number of rotatable bonds is 6. The van der Waals surface area contributed by atoms with Crippen LogP contribution in [0, 0.1) is 5.82 Å². The average molecular weight is 268 g/mol. The molecule has 19 heavy (non-hydrogen) atoms. The number of benzene rings is 1. The van der Waals surface area contributed by atoms with Crippen LogP contribution in [-0.4, -0.2) is 31.6 Å². The third-order valence-corrected chi connectivity index (χ3v) is 2.38. The van der Waals surface area contributed by atoms with Gasteiger partial charge in [0.05, 0.1) is 6.61 Å². The SMILES string of the molecule is COC[C@@H](NC(C)=O)C(=O)NCc1cccc(F)c1. The fourth-order valence-corrected chi connectivity index (χ4v) is 1.55. The molecule has 0 saturated heterocycles. The minimum Gasteiger partial charge on any atom is -0.382 e. The summed E-state index contributed by atoms with van der Waals surface area (Å²) in [4.78, 5) is 22.8. The molecule has 1 rings (SSSR count). The summed E-state index contributed by atoms with van der Waals surface area (Å²) in [7, 11) is 1.44. The van der Waals surface area contributed by atoms with E-state index in [4.69, 9.17) is 4.74 Å². The number of ether oxygens (including phenoxy) is 1. The first-order valence-corrected chi connectivity index (χ1v) is 5.81. The molecule has 0 saturated carbocycles. The van der Waals surface area contributed by atoms with E-state index >= 15 is 0 Å². The average Bonchev–Trinajstić information content (AvgIpc) is 2.35. The highest BCUT2D eigenvalue weighted by Gasteiger charge is 2.18. The summed E-state index contributed by atoms with van der Waals surface area (Å²) in [6, 6.07) is 5.18. The molecule has 0 spiro atoms.